The van der Waals surface area contributed by atoms with Crippen molar-refractivity contribution < 1.29 is 39.9 Å². The third-order valence-electron chi connectivity index (χ3n) is 3.68. The van der Waals surface area contributed by atoms with Gasteiger partial charge in [0.15, 0.2) is 15.1 Å². The summed E-state index contributed by atoms with van der Waals surface area (Å²) in [7, 11) is -3.53. The van der Waals surface area contributed by atoms with E-state index in [4.69, 9.17) is 0 Å². The van der Waals surface area contributed by atoms with E-state index in [1.807, 2.05) is 0 Å². The second-order valence-electron chi connectivity index (χ2n) is 5.37. The van der Waals surface area contributed by atoms with Gasteiger partial charge in [0.25, 0.3) is 0 Å². The first-order valence-corrected chi connectivity index (χ1v) is 8.33. The first kappa shape index (κ1) is 19.1. The first-order chi connectivity index (χ1) is 9.88. The second kappa shape index (κ2) is 6.67. The predicted octanol–water partition coefficient (Wildman–Crippen LogP) is 2.72. The number of carbonyl (C=O) groups is 1. The number of alkyl halides is 5. The van der Waals surface area contributed by atoms with Gasteiger partial charge in [0, 0.05) is 12.8 Å². The number of carbonyl (C=O) groups excluding carboxylic acids is 1. The lowest BCUT2D eigenvalue weighted by Gasteiger charge is -2.32. The van der Waals surface area contributed by atoms with E-state index in [0.717, 1.165) is 7.11 Å². The lowest BCUT2D eigenvalue weighted by atomic mass is 9.84. The number of hydrogen-bond donors (Lipinski definition) is 0. The molecule has 1 atom stereocenters. The Balaban J connectivity index is 2.91. The summed E-state index contributed by atoms with van der Waals surface area (Å²) in [5, 5.41) is -1.82. The molecule has 0 aromatic carbocycles. The van der Waals surface area contributed by atoms with Gasteiger partial charge in [-0.3, -0.25) is 4.79 Å². The molecular weight excluding hydrogens is 335 g/mol. The quantitative estimate of drug-likeness (QED) is 0.564. The molecule has 1 aliphatic rings. The molecule has 0 aromatic rings. The van der Waals surface area contributed by atoms with Crippen LogP contribution in [0.4, 0.5) is 22.0 Å². The van der Waals surface area contributed by atoms with Gasteiger partial charge < -0.3 is 4.74 Å². The van der Waals surface area contributed by atoms with Gasteiger partial charge in [-0.05, 0) is 18.8 Å². The molecule has 22 heavy (non-hydrogen) atoms. The van der Waals surface area contributed by atoms with Crippen molar-refractivity contribution in [3.63, 3.8) is 0 Å². The van der Waals surface area contributed by atoms with E-state index in [0.29, 0.717) is 0 Å². The number of ether oxygens (including phenoxy) is 1. The van der Waals surface area contributed by atoms with Crippen molar-refractivity contribution in [3.8, 4) is 0 Å². The van der Waals surface area contributed by atoms with Crippen LogP contribution in [0.2, 0.25) is 0 Å². The summed E-state index contributed by atoms with van der Waals surface area (Å²) in [6.45, 7) is 0. The maximum atomic E-state index is 13.1. The van der Waals surface area contributed by atoms with Crippen molar-refractivity contribution >= 4 is 15.8 Å². The molecule has 0 bridgehead atoms. The van der Waals surface area contributed by atoms with Gasteiger partial charge in [0.1, 0.15) is 0 Å². The van der Waals surface area contributed by atoms with Crippen LogP contribution in [-0.4, -0.2) is 44.6 Å². The van der Waals surface area contributed by atoms with Crippen molar-refractivity contribution in [2.45, 2.75) is 49.5 Å². The molecule has 130 valence electrons. The number of esters is 1. The fraction of sp³-hybridized carbons (Fsp3) is 0.917. The van der Waals surface area contributed by atoms with Crippen LogP contribution >= 0.6 is 0 Å². The molecule has 0 saturated heterocycles. The fourth-order valence-corrected chi connectivity index (χ4v) is 4.52. The molecule has 0 radical (unpaired) electrons. The summed E-state index contributed by atoms with van der Waals surface area (Å²) < 4.78 is 91.3. The number of methoxy groups -OCH3 is 1. The highest BCUT2D eigenvalue weighted by Gasteiger charge is 2.46. The number of rotatable bonds is 5. The van der Waals surface area contributed by atoms with E-state index in [2.05, 4.69) is 4.74 Å². The minimum atomic E-state index is -4.69. The Morgan fingerprint density at radius 1 is 1.27 bits per heavy atom. The normalized spacial score (nSPS) is 21.4. The standard InChI is InChI=1S/C12H17F5O4S/c1-21-10(18)9(8-2-4-11(13,14)5-3-8)22(19,20)7-6-12(15,16)17/h8-9H,2-7H2,1H3. The summed E-state index contributed by atoms with van der Waals surface area (Å²) in [6, 6.07) is 0. The van der Waals surface area contributed by atoms with Gasteiger partial charge >= 0.3 is 12.1 Å². The van der Waals surface area contributed by atoms with Gasteiger partial charge in [-0.2, -0.15) is 13.2 Å². The molecule has 1 saturated carbocycles. The van der Waals surface area contributed by atoms with Gasteiger partial charge in [-0.1, -0.05) is 0 Å². The molecular formula is C12H17F5O4S. The highest BCUT2D eigenvalue weighted by Crippen LogP contribution is 2.39. The summed E-state index contributed by atoms with van der Waals surface area (Å²) in [5.41, 5.74) is 0. The van der Waals surface area contributed by atoms with E-state index < -0.39 is 64.1 Å². The third kappa shape index (κ3) is 5.36. The molecule has 0 aromatic heterocycles. The molecule has 1 aliphatic carbocycles. The fourth-order valence-electron chi connectivity index (χ4n) is 2.50. The van der Waals surface area contributed by atoms with Crippen LogP contribution in [0.15, 0.2) is 0 Å². The molecule has 0 amide bonds. The molecule has 0 spiro atoms. The topological polar surface area (TPSA) is 60.4 Å². The lowest BCUT2D eigenvalue weighted by Crippen LogP contribution is -2.43. The molecule has 1 rings (SSSR count). The van der Waals surface area contributed by atoms with Crippen LogP contribution in [0, 0.1) is 5.92 Å². The Bertz CT molecular complexity index is 490. The van der Waals surface area contributed by atoms with E-state index >= 15 is 0 Å². The Morgan fingerprint density at radius 2 is 1.77 bits per heavy atom. The second-order valence-corrected chi connectivity index (χ2v) is 7.61. The summed E-state index contributed by atoms with van der Waals surface area (Å²) in [5.74, 6) is -6.35. The monoisotopic (exact) mass is 352 g/mol. The van der Waals surface area contributed by atoms with Crippen LogP contribution in [0.3, 0.4) is 0 Å². The number of sulfone groups is 1. The Labute approximate surface area is 124 Å². The minimum absolute atomic E-state index is 0.252. The van der Waals surface area contributed by atoms with Crippen LogP contribution in [0.1, 0.15) is 32.1 Å². The average Bonchev–Trinajstić information content (AvgIpc) is 2.37. The summed E-state index contributed by atoms with van der Waals surface area (Å²) in [6.07, 6.45) is -7.98. The van der Waals surface area contributed by atoms with E-state index in [-0.39, 0.29) is 12.8 Å². The van der Waals surface area contributed by atoms with E-state index in [1.165, 1.54) is 0 Å². The van der Waals surface area contributed by atoms with Crippen LogP contribution in [0.5, 0.6) is 0 Å². The molecule has 0 N–H and O–H groups in total. The van der Waals surface area contributed by atoms with Crippen molar-refractivity contribution in [1.29, 1.82) is 0 Å². The molecule has 0 heterocycles. The molecule has 4 nitrogen and oxygen atoms in total. The SMILES string of the molecule is COC(=O)C(C1CCC(F)(F)CC1)S(=O)(=O)CCC(F)(F)F. The predicted molar refractivity (Wildman–Crippen MR) is 67.2 cm³/mol. The molecule has 10 heteroatoms. The van der Waals surface area contributed by atoms with Crippen LogP contribution in [-0.2, 0) is 19.4 Å². The Morgan fingerprint density at radius 3 is 2.18 bits per heavy atom. The van der Waals surface area contributed by atoms with Gasteiger partial charge in [0.2, 0.25) is 5.92 Å². The van der Waals surface area contributed by atoms with Gasteiger partial charge in [-0.25, -0.2) is 17.2 Å². The van der Waals surface area contributed by atoms with Crippen molar-refractivity contribution in [1.82, 2.24) is 0 Å². The van der Waals surface area contributed by atoms with Crippen LogP contribution in [0.25, 0.3) is 0 Å². The molecule has 1 fully saturated rings. The minimum Gasteiger partial charge on any atom is -0.468 e. The molecule has 0 aliphatic heterocycles. The highest BCUT2D eigenvalue weighted by atomic mass is 32.2. The van der Waals surface area contributed by atoms with Gasteiger partial charge in [-0.15, -0.1) is 0 Å². The largest absolute Gasteiger partial charge is 0.468 e. The zero-order valence-corrected chi connectivity index (χ0v) is 12.6. The van der Waals surface area contributed by atoms with E-state index in [1.54, 1.807) is 0 Å². The number of halogens is 5. The number of hydrogen-bond acceptors (Lipinski definition) is 4. The smallest absolute Gasteiger partial charge is 0.390 e. The van der Waals surface area contributed by atoms with Crippen molar-refractivity contribution in [2.24, 2.45) is 5.92 Å². The highest BCUT2D eigenvalue weighted by molar-refractivity contribution is 7.92. The molecule has 1 unspecified atom stereocenters. The van der Waals surface area contributed by atoms with Gasteiger partial charge in [0.05, 0.1) is 19.3 Å². The lowest BCUT2D eigenvalue weighted by molar-refractivity contribution is -0.142. The zero-order chi connectivity index (χ0) is 17.2. The summed E-state index contributed by atoms with van der Waals surface area (Å²) >= 11 is 0. The Kier molecular flexibility index (Phi) is 5.80. The first-order valence-electron chi connectivity index (χ1n) is 6.62. The summed E-state index contributed by atoms with van der Waals surface area (Å²) in [4.78, 5) is 11.7. The third-order valence-corrected chi connectivity index (χ3v) is 5.80. The maximum absolute atomic E-state index is 13.1. The van der Waals surface area contributed by atoms with Crippen molar-refractivity contribution in [2.75, 3.05) is 12.9 Å². The zero-order valence-electron chi connectivity index (χ0n) is 11.8. The average molecular weight is 352 g/mol. The van der Waals surface area contributed by atoms with Crippen molar-refractivity contribution in [3.05, 3.63) is 0 Å². The maximum Gasteiger partial charge on any atom is 0.390 e. The van der Waals surface area contributed by atoms with E-state index in [9.17, 15) is 35.2 Å². The Hall–Kier alpha value is -0.930. The van der Waals surface area contributed by atoms with Crippen LogP contribution < -0.4 is 0 Å².